The minimum absolute atomic E-state index is 0.146. The maximum absolute atomic E-state index is 14.5. The van der Waals surface area contributed by atoms with Gasteiger partial charge in [-0.3, -0.25) is 19.5 Å². The van der Waals surface area contributed by atoms with E-state index in [9.17, 15) is 31.9 Å². The average molecular weight is 495 g/mol. The van der Waals surface area contributed by atoms with E-state index in [0.717, 1.165) is 18.3 Å². The van der Waals surface area contributed by atoms with E-state index in [1.807, 2.05) is 0 Å². The molecule has 186 valence electrons. The fraction of sp³-hybridized carbons (Fsp3) is 0.364. The van der Waals surface area contributed by atoms with Gasteiger partial charge < -0.3 is 15.0 Å². The highest BCUT2D eigenvalue weighted by molar-refractivity contribution is 5.82. The highest BCUT2D eigenvalue weighted by Gasteiger charge is 2.30. The van der Waals surface area contributed by atoms with E-state index in [1.54, 1.807) is 4.90 Å². The number of rotatable bonds is 6. The van der Waals surface area contributed by atoms with Crippen molar-refractivity contribution in [2.75, 3.05) is 32.8 Å². The number of fused-ring (bicyclic) bond motifs is 1. The van der Waals surface area contributed by atoms with E-state index < -0.39 is 57.9 Å². The van der Waals surface area contributed by atoms with Crippen molar-refractivity contribution >= 4 is 16.8 Å². The van der Waals surface area contributed by atoms with Crippen LogP contribution in [0.2, 0.25) is 0 Å². The Kier molecular flexibility index (Phi) is 6.98. The number of nitrogens with zero attached hydrogens (tertiary/aromatic N) is 3. The maximum atomic E-state index is 14.5. The molecular formula is C22H21F4N5O4. The van der Waals surface area contributed by atoms with Gasteiger partial charge in [-0.15, -0.1) is 0 Å². The zero-order valence-corrected chi connectivity index (χ0v) is 18.5. The van der Waals surface area contributed by atoms with Crippen molar-refractivity contribution in [2.45, 2.75) is 19.0 Å². The lowest BCUT2D eigenvalue weighted by Crippen LogP contribution is -2.51. The minimum atomic E-state index is -1.50. The van der Waals surface area contributed by atoms with E-state index in [4.69, 9.17) is 4.74 Å². The number of halogens is 4. The molecule has 9 nitrogen and oxygen atoms in total. The van der Waals surface area contributed by atoms with Gasteiger partial charge >= 0.3 is 5.69 Å². The van der Waals surface area contributed by atoms with Crippen molar-refractivity contribution in [3.05, 3.63) is 74.2 Å². The van der Waals surface area contributed by atoms with Crippen LogP contribution in [0, 0.1) is 23.3 Å². The molecule has 0 saturated carbocycles. The van der Waals surface area contributed by atoms with Crippen molar-refractivity contribution in [1.29, 1.82) is 0 Å². The second kappa shape index (κ2) is 9.96. The van der Waals surface area contributed by atoms with Crippen LogP contribution < -0.4 is 16.6 Å². The van der Waals surface area contributed by atoms with Crippen molar-refractivity contribution in [3.63, 3.8) is 0 Å². The van der Waals surface area contributed by atoms with E-state index in [1.165, 1.54) is 6.92 Å². The molecule has 1 saturated heterocycles. The summed E-state index contributed by atoms with van der Waals surface area (Å²) in [6, 6.07) is -0.155. The Bertz CT molecular complexity index is 1390. The van der Waals surface area contributed by atoms with E-state index in [2.05, 4.69) is 15.3 Å². The van der Waals surface area contributed by atoms with Gasteiger partial charge in [0.1, 0.15) is 23.1 Å². The van der Waals surface area contributed by atoms with Crippen LogP contribution in [-0.4, -0.2) is 58.2 Å². The van der Waals surface area contributed by atoms with Crippen LogP contribution in [0.15, 0.2) is 34.0 Å². The number of nitrogens with one attached hydrogen (secondary N) is 2. The molecule has 1 aromatic carbocycles. The monoisotopic (exact) mass is 495 g/mol. The molecule has 0 spiro atoms. The fourth-order valence-electron chi connectivity index (χ4n) is 3.97. The second-order valence-corrected chi connectivity index (χ2v) is 8.07. The van der Waals surface area contributed by atoms with Gasteiger partial charge in [-0.05, 0) is 19.1 Å². The Labute approximate surface area is 195 Å². The lowest BCUT2D eigenvalue weighted by Gasteiger charge is -2.31. The van der Waals surface area contributed by atoms with Crippen molar-refractivity contribution in [3.8, 4) is 0 Å². The number of pyridine rings is 1. The maximum Gasteiger partial charge on any atom is 0.329 e. The molecule has 2 N–H and O–H groups in total. The number of carbonyl (C=O) groups excluding carboxylic acids is 1. The molecule has 3 heterocycles. The molecule has 4 rings (SSSR count). The molecular weight excluding hydrogens is 474 g/mol. The zero-order chi connectivity index (χ0) is 25.3. The summed E-state index contributed by atoms with van der Waals surface area (Å²) in [5.41, 5.74) is -2.71. The number of amides is 1. The molecule has 0 unspecified atom stereocenters. The lowest BCUT2D eigenvalue weighted by atomic mass is 10.1. The summed E-state index contributed by atoms with van der Waals surface area (Å²) >= 11 is 0. The topological polar surface area (TPSA) is 109 Å². The van der Waals surface area contributed by atoms with Crippen molar-refractivity contribution in [1.82, 2.24) is 24.8 Å². The van der Waals surface area contributed by atoms with Gasteiger partial charge in [-0.2, -0.15) is 0 Å². The minimum Gasteiger partial charge on any atom is -0.379 e. The normalized spacial score (nSPS) is 16.3. The first-order valence-corrected chi connectivity index (χ1v) is 10.7. The summed E-state index contributed by atoms with van der Waals surface area (Å²) in [6.07, 6.45) is 0.780. The van der Waals surface area contributed by atoms with E-state index >= 15 is 0 Å². The lowest BCUT2D eigenvalue weighted by molar-refractivity contribution is -0.126. The molecule has 1 aliphatic heterocycles. The summed E-state index contributed by atoms with van der Waals surface area (Å²) in [6.45, 7) is 2.70. The van der Waals surface area contributed by atoms with Gasteiger partial charge in [0, 0.05) is 25.7 Å². The first kappa shape index (κ1) is 24.5. The van der Waals surface area contributed by atoms with Crippen LogP contribution in [-0.2, 0) is 9.53 Å². The average Bonchev–Trinajstić information content (AvgIpc) is 2.81. The molecule has 13 heteroatoms. The SMILES string of the molecule is C[C@H](NC(=O)[C@H](CN1CCOCC1)n1c(=O)[nH]c2ccc(F)c(F)c2c1=O)c1ncc(F)cc1F. The Morgan fingerprint density at radius 1 is 1.17 bits per heavy atom. The van der Waals surface area contributed by atoms with Crippen molar-refractivity contribution < 1.29 is 27.1 Å². The van der Waals surface area contributed by atoms with Crippen LogP contribution in [0.5, 0.6) is 0 Å². The molecule has 0 radical (unpaired) electrons. The van der Waals surface area contributed by atoms with Crippen LogP contribution in [0.3, 0.4) is 0 Å². The third-order valence-electron chi connectivity index (χ3n) is 5.74. The molecule has 3 aromatic rings. The number of carbonyl (C=O) groups is 1. The number of benzene rings is 1. The molecule has 2 aromatic heterocycles. The predicted octanol–water partition coefficient (Wildman–Crippen LogP) is 1.39. The van der Waals surface area contributed by atoms with E-state index in [-0.39, 0.29) is 17.8 Å². The number of hydrogen-bond donors (Lipinski definition) is 2. The Balaban J connectivity index is 1.76. The van der Waals surface area contributed by atoms with Crippen molar-refractivity contribution in [2.24, 2.45) is 0 Å². The van der Waals surface area contributed by atoms with Gasteiger partial charge in [0.05, 0.1) is 36.7 Å². The van der Waals surface area contributed by atoms with Gasteiger partial charge in [0.2, 0.25) is 5.91 Å². The molecule has 1 aliphatic rings. The fourth-order valence-corrected chi connectivity index (χ4v) is 3.97. The number of aromatic amines is 1. The summed E-state index contributed by atoms with van der Waals surface area (Å²) in [5, 5.41) is 1.75. The summed E-state index contributed by atoms with van der Waals surface area (Å²) < 4.78 is 61.5. The number of H-pyrrole nitrogens is 1. The molecule has 1 fully saturated rings. The first-order chi connectivity index (χ1) is 16.7. The predicted molar refractivity (Wildman–Crippen MR) is 116 cm³/mol. The number of hydrogen-bond acceptors (Lipinski definition) is 6. The standard InChI is InChI=1S/C22H21F4N5O4/c1-11(19-14(25)8-12(23)9-27-19)28-20(32)16(10-30-4-6-35-7-5-30)31-21(33)17-15(29-22(31)34)3-2-13(24)18(17)26/h2-3,8-9,11,16H,4-7,10H2,1H3,(H,28,32)(H,29,34)/t11-,16-/m0/s1. The van der Waals surface area contributed by atoms with E-state index in [0.29, 0.717) is 36.9 Å². The largest absolute Gasteiger partial charge is 0.379 e. The second-order valence-electron chi connectivity index (χ2n) is 8.07. The van der Waals surface area contributed by atoms with Gasteiger partial charge in [-0.25, -0.2) is 26.9 Å². The van der Waals surface area contributed by atoms with Gasteiger partial charge in [0.15, 0.2) is 11.6 Å². The third-order valence-corrected chi connectivity index (χ3v) is 5.74. The van der Waals surface area contributed by atoms with Gasteiger partial charge in [-0.1, -0.05) is 0 Å². The van der Waals surface area contributed by atoms with Crippen LogP contribution in [0.1, 0.15) is 24.7 Å². The Morgan fingerprint density at radius 3 is 2.57 bits per heavy atom. The number of aromatic nitrogens is 3. The third kappa shape index (κ3) is 4.95. The van der Waals surface area contributed by atoms with Gasteiger partial charge in [0.25, 0.3) is 5.56 Å². The molecule has 2 atom stereocenters. The first-order valence-electron chi connectivity index (χ1n) is 10.7. The molecule has 1 amide bonds. The molecule has 0 aliphatic carbocycles. The highest BCUT2D eigenvalue weighted by atomic mass is 19.2. The van der Waals surface area contributed by atoms with Crippen LogP contribution in [0.25, 0.3) is 10.9 Å². The molecule has 35 heavy (non-hydrogen) atoms. The van der Waals surface area contributed by atoms with Crippen LogP contribution in [0.4, 0.5) is 17.6 Å². The summed E-state index contributed by atoms with van der Waals surface area (Å²) in [5.74, 6) is -5.54. The quantitative estimate of drug-likeness (QED) is 0.501. The number of ether oxygens (including phenoxy) is 1. The Hall–Kier alpha value is -3.58. The summed E-state index contributed by atoms with van der Waals surface area (Å²) in [4.78, 5) is 47.0. The van der Waals surface area contributed by atoms with Crippen LogP contribution >= 0.6 is 0 Å². The summed E-state index contributed by atoms with van der Waals surface area (Å²) in [7, 11) is 0. The Morgan fingerprint density at radius 2 is 1.89 bits per heavy atom. The number of morpholine rings is 1. The smallest absolute Gasteiger partial charge is 0.329 e. The highest BCUT2D eigenvalue weighted by Crippen LogP contribution is 2.18. The molecule has 0 bridgehead atoms. The zero-order valence-electron chi connectivity index (χ0n) is 18.5.